The third-order valence-corrected chi connectivity index (χ3v) is 2.25. The Hall–Kier alpha value is 0.870. The monoisotopic (exact) mass is 191 g/mol. The van der Waals surface area contributed by atoms with E-state index >= 15 is 0 Å². The Balaban J connectivity index is -0.000000405. The first-order valence-corrected chi connectivity index (χ1v) is 4.64. The molecule has 11 heavy (non-hydrogen) atoms. The molecule has 64 valence electrons. The fourth-order valence-electron chi connectivity index (χ4n) is 0.686. The van der Waals surface area contributed by atoms with E-state index in [0.29, 0.717) is 19.5 Å². The minimum atomic E-state index is -3.94. The van der Waals surface area contributed by atoms with Crippen molar-refractivity contribution in [1.82, 2.24) is 4.31 Å². The third-order valence-electron chi connectivity index (χ3n) is 1.15. The van der Waals surface area contributed by atoms with Gasteiger partial charge in [0.25, 0.3) is 0 Å². The maximum absolute atomic E-state index is 10.4. The minimum Gasteiger partial charge on any atom is -1.00 e. The summed E-state index contributed by atoms with van der Waals surface area (Å²) in [4.78, 5) is 0. The Morgan fingerprint density at radius 2 is 1.91 bits per heavy atom. The zero-order valence-electron chi connectivity index (χ0n) is 8.24. The molecular formula is C5H14NNaO3S. The van der Waals surface area contributed by atoms with Gasteiger partial charge in [-0.1, -0.05) is 13.8 Å². The molecule has 0 unspecified atom stereocenters. The van der Waals surface area contributed by atoms with Crippen molar-refractivity contribution < 1.29 is 44.0 Å². The molecule has 0 spiro atoms. The molecule has 0 heterocycles. The molecule has 0 aliphatic heterocycles. The van der Waals surface area contributed by atoms with Gasteiger partial charge in [0.05, 0.1) is 0 Å². The number of nitrogens with zero attached hydrogens (tertiary/aromatic N) is 1. The van der Waals surface area contributed by atoms with Crippen LogP contribution in [0, 0.1) is 0 Å². The largest absolute Gasteiger partial charge is 1.00 e. The first kappa shape index (κ1) is 14.4. The van der Waals surface area contributed by atoms with Gasteiger partial charge in [-0.25, -0.2) is 0 Å². The van der Waals surface area contributed by atoms with Crippen LogP contribution < -0.4 is 29.6 Å². The summed E-state index contributed by atoms with van der Waals surface area (Å²) in [6, 6.07) is 0. The zero-order chi connectivity index (χ0) is 8.20. The summed E-state index contributed by atoms with van der Waals surface area (Å²) >= 11 is 0. The summed E-state index contributed by atoms with van der Waals surface area (Å²) in [5, 5.41) is 0. The molecule has 0 aromatic heterocycles. The number of hydrogen-bond acceptors (Lipinski definition) is 2. The molecule has 1 N–H and O–H groups in total. The molecule has 0 aliphatic rings. The maximum atomic E-state index is 10.4. The van der Waals surface area contributed by atoms with Crippen molar-refractivity contribution in [3.05, 3.63) is 0 Å². The van der Waals surface area contributed by atoms with E-state index in [4.69, 9.17) is 4.55 Å². The van der Waals surface area contributed by atoms with Crippen molar-refractivity contribution in [1.29, 1.82) is 0 Å². The van der Waals surface area contributed by atoms with E-state index in [-0.39, 0.29) is 31.0 Å². The average molecular weight is 191 g/mol. The Bertz CT molecular complexity index is 185. The van der Waals surface area contributed by atoms with Gasteiger partial charge in [0.2, 0.25) is 0 Å². The van der Waals surface area contributed by atoms with Crippen LogP contribution in [0.1, 0.15) is 21.7 Å². The van der Waals surface area contributed by atoms with E-state index in [1.54, 1.807) is 6.92 Å². The molecule has 0 aromatic carbocycles. The van der Waals surface area contributed by atoms with E-state index in [9.17, 15) is 8.42 Å². The summed E-state index contributed by atoms with van der Waals surface area (Å²) in [7, 11) is -3.94. The van der Waals surface area contributed by atoms with Gasteiger partial charge in [-0.3, -0.25) is 4.55 Å². The topological polar surface area (TPSA) is 57.6 Å². The Morgan fingerprint density at radius 1 is 1.45 bits per heavy atom. The van der Waals surface area contributed by atoms with E-state index in [1.165, 1.54) is 0 Å². The average Bonchev–Trinajstić information content (AvgIpc) is 1.80. The standard InChI is InChI=1S/C5H13NO3S.Na.H/c1-3-5-6(4-2)10(7,8)9;;/h3-5H2,1-2H3,(H,7,8,9);;/q;+1;-1. The van der Waals surface area contributed by atoms with Gasteiger partial charge in [-0.15, -0.1) is 0 Å². The van der Waals surface area contributed by atoms with Gasteiger partial charge < -0.3 is 1.43 Å². The molecule has 0 fully saturated rings. The second kappa shape index (κ2) is 6.39. The fraction of sp³-hybridized carbons (Fsp3) is 1.00. The molecule has 4 nitrogen and oxygen atoms in total. The second-order valence-corrected chi connectivity index (χ2v) is 3.38. The first-order chi connectivity index (χ1) is 4.52. The molecule has 6 heteroatoms. The van der Waals surface area contributed by atoms with Gasteiger partial charge >= 0.3 is 39.9 Å². The predicted molar refractivity (Wildman–Crippen MR) is 40.2 cm³/mol. The molecule has 0 amide bonds. The van der Waals surface area contributed by atoms with Crippen LogP contribution in [0.4, 0.5) is 0 Å². The van der Waals surface area contributed by atoms with Crippen molar-refractivity contribution in [3.63, 3.8) is 0 Å². The van der Waals surface area contributed by atoms with Crippen LogP contribution in [0.25, 0.3) is 0 Å². The molecule has 0 bridgehead atoms. The second-order valence-electron chi connectivity index (χ2n) is 1.97. The SMILES string of the molecule is CCCN(CC)S(=O)(=O)O.[H-].[Na+]. The van der Waals surface area contributed by atoms with Crippen molar-refractivity contribution in [2.45, 2.75) is 20.3 Å². The van der Waals surface area contributed by atoms with Crippen LogP contribution in [0.5, 0.6) is 0 Å². The van der Waals surface area contributed by atoms with Crippen LogP contribution >= 0.6 is 0 Å². The summed E-state index contributed by atoms with van der Waals surface area (Å²) in [5.41, 5.74) is 0. The quantitative estimate of drug-likeness (QED) is 0.399. The minimum absolute atomic E-state index is 0. The first-order valence-electron chi connectivity index (χ1n) is 3.25. The summed E-state index contributed by atoms with van der Waals surface area (Å²) < 4.78 is 30.4. The van der Waals surface area contributed by atoms with Gasteiger partial charge in [-0.2, -0.15) is 12.7 Å². The van der Waals surface area contributed by atoms with E-state index in [1.807, 2.05) is 6.92 Å². The fourth-order valence-corrected chi connectivity index (χ4v) is 1.43. The smallest absolute Gasteiger partial charge is 1.00 e. The maximum Gasteiger partial charge on any atom is 1.00 e. The van der Waals surface area contributed by atoms with Crippen molar-refractivity contribution in [3.8, 4) is 0 Å². The molecule has 0 aliphatic carbocycles. The van der Waals surface area contributed by atoms with Gasteiger partial charge in [0.1, 0.15) is 0 Å². The summed E-state index contributed by atoms with van der Waals surface area (Å²) in [6.45, 7) is 4.25. The van der Waals surface area contributed by atoms with Gasteiger partial charge in [0.15, 0.2) is 0 Å². The molecule has 0 saturated carbocycles. The number of rotatable bonds is 4. The molecule has 0 rings (SSSR count). The predicted octanol–water partition coefficient (Wildman–Crippen LogP) is -2.36. The molecule has 0 atom stereocenters. The van der Waals surface area contributed by atoms with Crippen molar-refractivity contribution in [2.75, 3.05) is 13.1 Å². The van der Waals surface area contributed by atoms with Crippen LogP contribution in [0.3, 0.4) is 0 Å². The molecular weight excluding hydrogens is 177 g/mol. The third kappa shape index (κ3) is 6.07. The summed E-state index contributed by atoms with van der Waals surface area (Å²) in [5.74, 6) is 0. The normalized spacial score (nSPS) is 11.3. The van der Waals surface area contributed by atoms with Crippen molar-refractivity contribution >= 4 is 10.3 Å². The van der Waals surface area contributed by atoms with Crippen LogP contribution in [-0.2, 0) is 10.3 Å². The van der Waals surface area contributed by atoms with E-state index in [0.717, 1.165) is 4.31 Å². The van der Waals surface area contributed by atoms with E-state index in [2.05, 4.69) is 0 Å². The van der Waals surface area contributed by atoms with Gasteiger partial charge in [0, 0.05) is 13.1 Å². The van der Waals surface area contributed by atoms with Crippen molar-refractivity contribution in [2.24, 2.45) is 0 Å². The van der Waals surface area contributed by atoms with E-state index < -0.39 is 10.3 Å². The Labute approximate surface area is 91.6 Å². The number of hydrogen-bond donors (Lipinski definition) is 1. The molecule has 0 aromatic rings. The van der Waals surface area contributed by atoms with Crippen LogP contribution in [0.2, 0.25) is 0 Å². The van der Waals surface area contributed by atoms with Crippen LogP contribution in [0.15, 0.2) is 0 Å². The zero-order valence-corrected chi connectivity index (χ0v) is 10.1. The molecule has 0 radical (unpaired) electrons. The van der Waals surface area contributed by atoms with Crippen LogP contribution in [-0.4, -0.2) is 30.4 Å². The Morgan fingerprint density at radius 3 is 2.00 bits per heavy atom. The Kier molecular flexibility index (Phi) is 8.37. The molecule has 0 saturated heterocycles. The summed E-state index contributed by atoms with van der Waals surface area (Å²) in [6.07, 6.45) is 0.716. The van der Waals surface area contributed by atoms with Gasteiger partial charge in [-0.05, 0) is 6.42 Å².